The van der Waals surface area contributed by atoms with Gasteiger partial charge in [0.1, 0.15) is 0 Å². The fourth-order valence-electron chi connectivity index (χ4n) is 14.7. The van der Waals surface area contributed by atoms with Gasteiger partial charge in [0.2, 0.25) is 34.1 Å². The van der Waals surface area contributed by atoms with Gasteiger partial charge in [-0.3, -0.25) is 0 Å². The monoisotopic (exact) mass is 1590 g/mol. The van der Waals surface area contributed by atoms with E-state index in [4.69, 9.17) is 54.9 Å². The summed E-state index contributed by atoms with van der Waals surface area (Å²) in [6.07, 6.45) is 25.1. The molecule has 4 fully saturated rings. The van der Waals surface area contributed by atoms with Crippen molar-refractivity contribution in [1.82, 2.24) is 0 Å². The zero-order valence-corrected chi connectivity index (χ0v) is 72.2. The van der Waals surface area contributed by atoms with Gasteiger partial charge in [-0.2, -0.15) is 27.4 Å². The average molecular weight is 1590 g/mol. The van der Waals surface area contributed by atoms with Gasteiger partial charge in [-0.25, -0.2) is 0 Å². The Morgan fingerprint density at radius 3 is 0.383 bits per heavy atom. The van der Waals surface area contributed by atoms with E-state index in [9.17, 15) is 0 Å². The molecular formula is C90H102B12N6O12+6. The smallest absolute Gasteiger partial charge is 0.452 e. The number of benzene rings is 6. The molecule has 4 saturated heterocycles. The molecule has 0 atom stereocenters. The van der Waals surface area contributed by atoms with Crippen molar-refractivity contribution in [2.24, 2.45) is 0 Å². The minimum Gasteiger partial charge on any atom is -0.452 e. The maximum atomic E-state index is 6.83. The van der Waals surface area contributed by atoms with Crippen molar-refractivity contribution in [3.8, 4) is 67.5 Å². The number of pyridine rings is 6. The minimum atomic E-state index is -0.775. The summed E-state index contributed by atoms with van der Waals surface area (Å²) in [5.74, 6) is 0. The van der Waals surface area contributed by atoms with Crippen LogP contribution in [0.2, 0.25) is 31.9 Å². The van der Waals surface area contributed by atoms with Crippen LogP contribution in [0.3, 0.4) is 0 Å². The Bertz CT molecular complexity index is 4880. The van der Waals surface area contributed by atoms with E-state index in [2.05, 4.69) is 445 Å². The first-order valence-corrected chi connectivity index (χ1v) is 41.7. The molecule has 10 heterocycles. The molecule has 6 aromatic carbocycles. The molecule has 6 aromatic heterocycles. The SMILES string of the molecule is CC(C)(C)B1OB(c2ccc(-[n+]3ccc(-c4cc[n+](-c5ccc(B6OB(c7ccc(-[n+]8ccc(-c9cc[n+](-c%10ccc(B%11OB(C(C)(C)C)OB(C(C)(C)C)O%11)cc%10)cc9)cc8)cc7)OB(c7ccc(-[n+]8ccc(-c9cc[n+](-c%10ccc(B%11OB(C(C)(C)C)OB(C(C)(C)C)O%11)cc%10)cc9)cc8)cc7)O6)cc5)cc4)cc3)cc2)OB(C(C)(C)C)O1. The number of hydrogen-bond acceptors (Lipinski definition) is 12. The van der Waals surface area contributed by atoms with Gasteiger partial charge in [-0.15, -0.1) is 0 Å². The lowest BCUT2D eigenvalue weighted by Gasteiger charge is -2.40. The topological polar surface area (TPSA) is 134 Å². The second-order valence-corrected chi connectivity index (χ2v) is 38.3. The van der Waals surface area contributed by atoms with Crippen LogP contribution in [0.4, 0.5) is 0 Å². The molecule has 0 radical (unpaired) electrons. The first-order chi connectivity index (χ1) is 57.1. The second kappa shape index (κ2) is 34.1. The third-order valence-corrected chi connectivity index (χ3v) is 22.0. The molecule has 0 spiro atoms. The summed E-state index contributed by atoms with van der Waals surface area (Å²) < 4.78 is 90.4. The van der Waals surface area contributed by atoms with Crippen molar-refractivity contribution < 1.29 is 82.3 Å². The van der Waals surface area contributed by atoms with Crippen LogP contribution in [0.15, 0.2) is 293 Å². The van der Waals surface area contributed by atoms with Crippen molar-refractivity contribution >= 4 is 118 Å². The standard InChI is InChI=1S/C90H102B12N6O12/c1-85(2,3)97-112-94(113-98(118-97)86(4,5)6)76-25-37-82(38-26-76)106-61-49-70(50-62-106)67-43-55-103(56-44-67)79-31-19-73(20-32-79)91-109-92(74-21-33-80(34-22-74)104-57-45-68(46-58-104)71-51-63-107(64-52-71)83-39-27-77(28-40-83)95-114-99(87(7,8)9)119-100(115-95)88(10,11)12)111-93(110-91)75-23-35-81(36-24-75)105-59-47-69(48-60-105)72-53-65-108(66-54-72)84-41-29-78(30-42-84)96-116-101(89(13,14)15)120-102(117-96)90(16,17)18/h19-66H,1-18H3/q+6. The highest BCUT2D eigenvalue weighted by Gasteiger charge is 2.54. The summed E-state index contributed by atoms with van der Waals surface area (Å²) in [4.78, 5) is 0. The van der Waals surface area contributed by atoms with E-state index in [0.29, 0.717) is 0 Å². The molecule has 0 bridgehead atoms. The Morgan fingerprint density at radius 2 is 0.267 bits per heavy atom. The molecule has 18 nitrogen and oxygen atoms in total. The van der Waals surface area contributed by atoms with E-state index < -0.39 is 85.4 Å². The molecule has 30 heteroatoms. The minimum absolute atomic E-state index is 0.223. The van der Waals surface area contributed by atoms with E-state index in [1.165, 1.54) is 0 Å². The van der Waals surface area contributed by atoms with Crippen LogP contribution in [0.25, 0.3) is 67.5 Å². The molecule has 594 valence electrons. The van der Waals surface area contributed by atoms with Gasteiger partial charge < -0.3 is 54.9 Å². The molecule has 0 amide bonds. The summed E-state index contributed by atoms with van der Waals surface area (Å²) in [5, 5.41) is -1.34. The highest BCUT2D eigenvalue weighted by molar-refractivity contribution is 6.87. The first-order valence-electron chi connectivity index (χ1n) is 41.7. The third kappa shape index (κ3) is 19.4. The highest BCUT2D eigenvalue weighted by Crippen LogP contribution is 2.41. The normalized spacial score (nSPS) is 15.7. The predicted molar refractivity (Wildman–Crippen MR) is 483 cm³/mol. The van der Waals surface area contributed by atoms with Gasteiger partial charge in [0, 0.05) is 146 Å². The zero-order valence-electron chi connectivity index (χ0n) is 72.2. The van der Waals surface area contributed by atoms with Crippen LogP contribution in [0.5, 0.6) is 0 Å². The van der Waals surface area contributed by atoms with Crippen molar-refractivity contribution in [1.29, 1.82) is 0 Å². The average Bonchev–Trinajstić information content (AvgIpc) is 0.795. The Hall–Kier alpha value is -9.48. The molecule has 0 N–H and O–H groups in total. The molecule has 0 aliphatic carbocycles. The molecule has 0 saturated carbocycles. The van der Waals surface area contributed by atoms with Gasteiger partial charge in [-0.05, 0) is 98.0 Å². The Labute approximate surface area is 712 Å². The van der Waals surface area contributed by atoms with E-state index in [1.807, 2.05) is 0 Å². The van der Waals surface area contributed by atoms with Gasteiger partial charge in [0.15, 0.2) is 74.4 Å². The van der Waals surface area contributed by atoms with Gasteiger partial charge in [0.25, 0.3) is 0 Å². The van der Waals surface area contributed by atoms with Crippen LogP contribution in [0.1, 0.15) is 125 Å². The lowest BCUT2D eigenvalue weighted by molar-refractivity contribution is -0.596. The lowest BCUT2D eigenvalue weighted by atomic mass is 9.50. The molecule has 120 heavy (non-hydrogen) atoms. The number of rotatable bonds is 15. The number of nitrogens with zero attached hydrogens (tertiary/aromatic N) is 6. The van der Waals surface area contributed by atoms with Crippen molar-refractivity contribution in [2.45, 2.75) is 157 Å². The van der Waals surface area contributed by atoms with Gasteiger partial charge >= 0.3 is 85.4 Å². The maximum absolute atomic E-state index is 6.83. The maximum Gasteiger partial charge on any atom is 0.467 e. The second-order valence-electron chi connectivity index (χ2n) is 38.3. The van der Waals surface area contributed by atoms with Crippen molar-refractivity contribution in [2.75, 3.05) is 0 Å². The van der Waals surface area contributed by atoms with Crippen molar-refractivity contribution in [3.63, 3.8) is 0 Å². The van der Waals surface area contributed by atoms with Crippen LogP contribution < -0.4 is 60.2 Å². The molecule has 4 aliphatic rings. The summed E-state index contributed by atoms with van der Waals surface area (Å²) in [6.45, 7) is 38.2. The molecule has 12 aromatic rings. The Kier molecular flexibility index (Phi) is 23.9. The number of hydrogen-bond donors (Lipinski definition) is 0. The first kappa shape index (κ1) is 84.1. The molecule has 0 unspecified atom stereocenters. The van der Waals surface area contributed by atoms with Gasteiger partial charge in [0.05, 0.1) is 0 Å². The van der Waals surface area contributed by atoms with Crippen molar-refractivity contribution in [3.05, 3.63) is 293 Å². The Balaban J connectivity index is 0.594. The zero-order chi connectivity index (χ0) is 84.2. The van der Waals surface area contributed by atoms with Crippen LogP contribution in [0, 0.1) is 0 Å². The molecule has 16 rings (SSSR count). The van der Waals surface area contributed by atoms with Crippen LogP contribution in [-0.2, 0) is 54.9 Å². The largest absolute Gasteiger partial charge is 0.467 e. The lowest BCUT2D eigenvalue weighted by Crippen LogP contribution is -2.61. The highest BCUT2D eigenvalue weighted by atomic mass is 16.7. The third-order valence-electron chi connectivity index (χ3n) is 22.0. The summed E-state index contributed by atoms with van der Waals surface area (Å²) in [7, 11) is -6.42. The quantitative estimate of drug-likeness (QED) is 0.0714. The summed E-state index contributed by atoms with van der Waals surface area (Å²) >= 11 is 0. The van der Waals surface area contributed by atoms with Gasteiger partial charge in [-0.1, -0.05) is 197 Å². The Morgan fingerprint density at radius 1 is 0.150 bits per heavy atom. The van der Waals surface area contributed by atoms with Crippen LogP contribution >= 0.6 is 0 Å². The fraction of sp³-hybridized carbons (Fsp3) is 0.267. The van der Waals surface area contributed by atoms with E-state index in [0.717, 1.165) is 100 Å². The van der Waals surface area contributed by atoms with E-state index in [-0.39, 0.29) is 31.9 Å². The predicted octanol–water partition coefficient (Wildman–Crippen LogP) is 11.9. The summed E-state index contributed by atoms with van der Waals surface area (Å²) in [6, 6.07) is 75.6. The fourth-order valence-corrected chi connectivity index (χ4v) is 14.7. The molecular weight excluding hydrogens is 1490 g/mol. The number of aromatic nitrogens is 6. The summed E-state index contributed by atoms with van der Waals surface area (Å²) in [5.41, 5.74) is 18.0. The van der Waals surface area contributed by atoms with E-state index >= 15 is 0 Å². The van der Waals surface area contributed by atoms with E-state index in [1.54, 1.807) is 0 Å². The van der Waals surface area contributed by atoms with Crippen LogP contribution in [-0.4, -0.2) is 85.4 Å². The molecule has 4 aliphatic heterocycles.